The first-order chi connectivity index (χ1) is 7.29. The first-order valence-electron chi connectivity index (χ1n) is 5.33. The van der Waals surface area contributed by atoms with Crippen LogP contribution in [0.2, 0.25) is 0 Å². The molecule has 1 aromatic carbocycles. The molecule has 0 unspecified atom stereocenters. The van der Waals surface area contributed by atoms with Crippen LogP contribution in [0.4, 0.5) is 10.5 Å². The van der Waals surface area contributed by atoms with E-state index in [0.29, 0.717) is 0 Å². The minimum Gasteiger partial charge on any atom is -0.443 e. The van der Waals surface area contributed by atoms with E-state index in [2.05, 4.69) is 0 Å². The van der Waals surface area contributed by atoms with Gasteiger partial charge in [-0.25, -0.2) is 4.79 Å². The van der Waals surface area contributed by atoms with E-state index in [9.17, 15) is 4.79 Å². The highest BCUT2D eigenvalue weighted by molar-refractivity contribution is 5.87. The van der Waals surface area contributed by atoms with E-state index in [-0.39, 0.29) is 6.09 Å². The zero-order valence-corrected chi connectivity index (χ0v) is 10.6. The molecular weight excluding hydrogens is 202 g/mol. The normalized spacial score (nSPS) is 11.1. The zero-order valence-electron chi connectivity index (χ0n) is 10.6. The number of benzene rings is 1. The average molecular weight is 221 g/mol. The molecule has 3 nitrogen and oxygen atoms in total. The summed E-state index contributed by atoms with van der Waals surface area (Å²) in [6.45, 7) is 7.58. The van der Waals surface area contributed by atoms with Gasteiger partial charge in [0, 0.05) is 12.7 Å². The first-order valence-corrected chi connectivity index (χ1v) is 5.33. The molecule has 88 valence electrons. The highest BCUT2D eigenvalue weighted by atomic mass is 16.6. The summed E-state index contributed by atoms with van der Waals surface area (Å²) >= 11 is 0. The van der Waals surface area contributed by atoms with Crippen molar-refractivity contribution in [3.63, 3.8) is 0 Å². The SMILES string of the molecule is Cc1ccc(N(C)C(=O)OC(C)(C)C)cc1. The molecule has 0 aliphatic rings. The second kappa shape index (κ2) is 4.56. The number of carbonyl (C=O) groups excluding carboxylic acids is 1. The van der Waals surface area contributed by atoms with Crippen molar-refractivity contribution in [2.45, 2.75) is 33.3 Å². The minimum atomic E-state index is -0.462. The van der Waals surface area contributed by atoms with Crippen LogP contribution in [-0.4, -0.2) is 18.7 Å². The fourth-order valence-corrected chi connectivity index (χ4v) is 1.20. The van der Waals surface area contributed by atoms with Crippen molar-refractivity contribution in [3.8, 4) is 0 Å². The monoisotopic (exact) mass is 221 g/mol. The number of aryl methyl sites for hydroxylation is 1. The van der Waals surface area contributed by atoms with Gasteiger partial charge in [0.15, 0.2) is 0 Å². The molecule has 0 fully saturated rings. The number of hydrogen-bond acceptors (Lipinski definition) is 2. The van der Waals surface area contributed by atoms with Crippen molar-refractivity contribution in [1.82, 2.24) is 0 Å². The average Bonchev–Trinajstić information content (AvgIpc) is 2.15. The fraction of sp³-hybridized carbons (Fsp3) is 0.462. The lowest BCUT2D eigenvalue weighted by Gasteiger charge is -2.24. The third-order valence-electron chi connectivity index (χ3n) is 2.09. The maximum atomic E-state index is 11.7. The molecule has 0 saturated heterocycles. The lowest BCUT2D eigenvalue weighted by molar-refractivity contribution is 0.0589. The third kappa shape index (κ3) is 3.57. The third-order valence-corrected chi connectivity index (χ3v) is 2.09. The Labute approximate surface area is 97.0 Å². The Bertz CT molecular complexity index is 363. The minimum absolute atomic E-state index is 0.337. The van der Waals surface area contributed by atoms with Crippen LogP contribution in [-0.2, 0) is 4.74 Å². The van der Waals surface area contributed by atoms with Crippen molar-refractivity contribution in [2.75, 3.05) is 11.9 Å². The molecule has 0 radical (unpaired) electrons. The van der Waals surface area contributed by atoms with Crippen LogP contribution < -0.4 is 4.90 Å². The maximum absolute atomic E-state index is 11.7. The highest BCUT2D eigenvalue weighted by Crippen LogP contribution is 2.17. The van der Waals surface area contributed by atoms with Gasteiger partial charge in [0.05, 0.1) is 0 Å². The van der Waals surface area contributed by atoms with Crippen molar-refractivity contribution in [1.29, 1.82) is 0 Å². The number of nitrogens with zero attached hydrogens (tertiary/aromatic N) is 1. The molecule has 0 spiro atoms. The van der Waals surface area contributed by atoms with E-state index in [0.717, 1.165) is 5.69 Å². The molecule has 0 saturated carbocycles. The summed E-state index contributed by atoms with van der Waals surface area (Å²) in [5.74, 6) is 0. The Morgan fingerprint density at radius 2 is 1.69 bits per heavy atom. The molecule has 0 aliphatic heterocycles. The first kappa shape index (κ1) is 12.6. The van der Waals surface area contributed by atoms with Gasteiger partial charge in [-0.3, -0.25) is 4.90 Å². The second-order valence-electron chi connectivity index (χ2n) is 4.87. The van der Waals surface area contributed by atoms with Crippen LogP contribution >= 0.6 is 0 Å². The van der Waals surface area contributed by atoms with Crippen molar-refractivity contribution >= 4 is 11.8 Å². The molecule has 1 aromatic rings. The number of anilines is 1. The van der Waals surface area contributed by atoms with Gasteiger partial charge in [-0.15, -0.1) is 0 Å². The molecule has 0 N–H and O–H groups in total. The summed E-state index contributed by atoms with van der Waals surface area (Å²) in [4.78, 5) is 13.3. The Hall–Kier alpha value is -1.51. The highest BCUT2D eigenvalue weighted by Gasteiger charge is 2.20. The number of amides is 1. The van der Waals surface area contributed by atoms with E-state index in [4.69, 9.17) is 4.74 Å². The topological polar surface area (TPSA) is 29.5 Å². The van der Waals surface area contributed by atoms with Gasteiger partial charge in [-0.2, -0.15) is 0 Å². The molecule has 0 heterocycles. The lowest BCUT2D eigenvalue weighted by atomic mass is 10.2. The van der Waals surface area contributed by atoms with Gasteiger partial charge < -0.3 is 4.74 Å². The van der Waals surface area contributed by atoms with E-state index in [1.165, 1.54) is 10.5 Å². The summed E-state index contributed by atoms with van der Waals surface area (Å²) in [6, 6.07) is 7.74. The number of rotatable bonds is 1. The Morgan fingerprint density at radius 1 is 1.19 bits per heavy atom. The maximum Gasteiger partial charge on any atom is 0.414 e. The smallest absolute Gasteiger partial charge is 0.414 e. The molecule has 0 aliphatic carbocycles. The van der Waals surface area contributed by atoms with E-state index < -0.39 is 5.60 Å². The van der Waals surface area contributed by atoms with Gasteiger partial charge in [0.25, 0.3) is 0 Å². The second-order valence-corrected chi connectivity index (χ2v) is 4.87. The Balaban J connectivity index is 2.74. The molecule has 0 bridgehead atoms. The largest absolute Gasteiger partial charge is 0.443 e. The van der Waals surface area contributed by atoms with Gasteiger partial charge in [0.1, 0.15) is 5.60 Å². The van der Waals surface area contributed by atoms with E-state index in [1.54, 1.807) is 7.05 Å². The molecule has 16 heavy (non-hydrogen) atoms. The fourth-order valence-electron chi connectivity index (χ4n) is 1.20. The molecule has 1 amide bonds. The Kier molecular flexibility index (Phi) is 3.58. The van der Waals surface area contributed by atoms with Gasteiger partial charge in [-0.1, -0.05) is 17.7 Å². The zero-order chi connectivity index (χ0) is 12.3. The summed E-state index contributed by atoms with van der Waals surface area (Å²) in [5.41, 5.74) is 1.54. The summed E-state index contributed by atoms with van der Waals surface area (Å²) in [6.07, 6.45) is -0.337. The summed E-state index contributed by atoms with van der Waals surface area (Å²) < 4.78 is 5.27. The molecule has 1 rings (SSSR count). The predicted octanol–water partition coefficient (Wildman–Crippen LogP) is 3.37. The number of hydrogen-bond donors (Lipinski definition) is 0. The van der Waals surface area contributed by atoms with Gasteiger partial charge in [-0.05, 0) is 39.8 Å². The van der Waals surface area contributed by atoms with Crippen LogP contribution in [0.15, 0.2) is 24.3 Å². The van der Waals surface area contributed by atoms with Gasteiger partial charge in [0.2, 0.25) is 0 Å². The standard InChI is InChI=1S/C13H19NO2/c1-10-6-8-11(9-7-10)14(5)12(15)16-13(2,3)4/h6-9H,1-5H3. The quantitative estimate of drug-likeness (QED) is 0.727. The van der Waals surface area contributed by atoms with Crippen molar-refractivity contribution < 1.29 is 9.53 Å². The van der Waals surface area contributed by atoms with Crippen molar-refractivity contribution in [2.24, 2.45) is 0 Å². The summed E-state index contributed by atoms with van der Waals surface area (Å²) in [7, 11) is 1.71. The molecule has 0 atom stereocenters. The van der Waals surface area contributed by atoms with Crippen LogP contribution in [0.25, 0.3) is 0 Å². The molecule has 0 aromatic heterocycles. The van der Waals surface area contributed by atoms with E-state index >= 15 is 0 Å². The van der Waals surface area contributed by atoms with Crippen LogP contribution in [0.3, 0.4) is 0 Å². The Morgan fingerprint density at radius 3 is 2.12 bits per heavy atom. The molecule has 3 heteroatoms. The number of ether oxygens (including phenoxy) is 1. The van der Waals surface area contributed by atoms with Gasteiger partial charge >= 0.3 is 6.09 Å². The predicted molar refractivity (Wildman–Crippen MR) is 65.8 cm³/mol. The lowest BCUT2D eigenvalue weighted by Crippen LogP contribution is -2.34. The van der Waals surface area contributed by atoms with Crippen LogP contribution in [0, 0.1) is 6.92 Å². The van der Waals surface area contributed by atoms with Crippen LogP contribution in [0.1, 0.15) is 26.3 Å². The summed E-state index contributed by atoms with van der Waals surface area (Å²) in [5, 5.41) is 0. The molecular formula is C13H19NO2. The number of carbonyl (C=O) groups is 1. The van der Waals surface area contributed by atoms with Crippen LogP contribution in [0.5, 0.6) is 0 Å². The van der Waals surface area contributed by atoms with Crippen molar-refractivity contribution in [3.05, 3.63) is 29.8 Å². The van der Waals surface area contributed by atoms with E-state index in [1.807, 2.05) is 52.0 Å².